The van der Waals surface area contributed by atoms with E-state index in [-0.39, 0.29) is 11.9 Å². The number of hydrogen-bond donors (Lipinski definition) is 3. The lowest BCUT2D eigenvalue weighted by Gasteiger charge is -2.38. The smallest absolute Gasteiger partial charge is 0.321 e. The largest absolute Gasteiger partial charge is 0.341 e. The third kappa shape index (κ3) is 4.76. The molecule has 20 heavy (non-hydrogen) atoms. The van der Waals surface area contributed by atoms with Crippen LogP contribution >= 0.6 is 0 Å². The molecule has 1 aliphatic heterocycles. The Balaban J connectivity index is 2.53. The summed E-state index contributed by atoms with van der Waals surface area (Å²) >= 11 is 0. The minimum atomic E-state index is -0.448. The molecule has 0 aromatic rings. The summed E-state index contributed by atoms with van der Waals surface area (Å²) in [5.74, 6) is 0.319. The maximum absolute atomic E-state index is 12.0. The lowest BCUT2D eigenvalue weighted by atomic mass is 9.90. The molecule has 0 aromatic heterocycles. The number of carbonyl (C=O) groups is 2. The van der Waals surface area contributed by atoms with Crippen LogP contribution < -0.4 is 16.0 Å². The molecular weight excluding hydrogens is 256 g/mol. The van der Waals surface area contributed by atoms with Crippen molar-refractivity contribution in [3.8, 4) is 0 Å². The van der Waals surface area contributed by atoms with Gasteiger partial charge in [0, 0.05) is 19.6 Å². The van der Waals surface area contributed by atoms with Crippen LogP contribution in [0.1, 0.15) is 33.6 Å². The van der Waals surface area contributed by atoms with Gasteiger partial charge in [-0.1, -0.05) is 6.92 Å². The Kier molecular flexibility index (Phi) is 6.95. The fourth-order valence-corrected chi connectivity index (χ4v) is 2.73. The van der Waals surface area contributed by atoms with Crippen LogP contribution in [0.3, 0.4) is 0 Å². The molecule has 6 nitrogen and oxygen atoms in total. The first-order valence-corrected chi connectivity index (χ1v) is 7.49. The van der Waals surface area contributed by atoms with E-state index in [1.54, 1.807) is 0 Å². The number of rotatable bonds is 5. The summed E-state index contributed by atoms with van der Waals surface area (Å²) in [7, 11) is 1.50. The Morgan fingerprint density at radius 1 is 1.35 bits per heavy atom. The van der Waals surface area contributed by atoms with Crippen molar-refractivity contribution < 1.29 is 9.59 Å². The van der Waals surface area contributed by atoms with E-state index in [2.05, 4.69) is 34.7 Å². The van der Waals surface area contributed by atoms with Gasteiger partial charge in [-0.2, -0.15) is 0 Å². The van der Waals surface area contributed by atoms with Crippen molar-refractivity contribution in [1.29, 1.82) is 0 Å². The van der Waals surface area contributed by atoms with Crippen molar-refractivity contribution in [3.63, 3.8) is 0 Å². The minimum absolute atomic E-state index is 0.235. The second-order valence-electron chi connectivity index (χ2n) is 5.49. The van der Waals surface area contributed by atoms with Crippen molar-refractivity contribution in [2.24, 2.45) is 5.92 Å². The van der Waals surface area contributed by atoms with Gasteiger partial charge in [0.05, 0.1) is 6.04 Å². The molecule has 6 heteroatoms. The van der Waals surface area contributed by atoms with Crippen molar-refractivity contribution in [3.05, 3.63) is 0 Å². The summed E-state index contributed by atoms with van der Waals surface area (Å²) < 4.78 is 0. The number of likely N-dealkylation sites (tertiary alicyclic amines) is 1. The Hall–Kier alpha value is -1.14. The highest BCUT2D eigenvalue weighted by Gasteiger charge is 2.30. The topological polar surface area (TPSA) is 73.5 Å². The molecule has 1 heterocycles. The number of imide groups is 1. The van der Waals surface area contributed by atoms with Gasteiger partial charge in [0.2, 0.25) is 5.91 Å². The molecule has 0 saturated carbocycles. The first-order chi connectivity index (χ1) is 9.49. The van der Waals surface area contributed by atoms with Crippen LogP contribution in [0, 0.1) is 5.92 Å². The van der Waals surface area contributed by atoms with E-state index in [1.165, 1.54) is 13.5 Å². The lowest BCUT2D eigenvalue weighted by Crippen LogP contribution is -2.53. The summed E-state index contributed by atoms with van der Waals surface area (Å²) in [6.45, 7) is 8.95. The van der Waals surface area contributed by atoms with E-state index in [0.717, 1.165) is 26.1 Å². The van der Waals surface area contributed by atoms with Gasteiger partial charge >= 0.3 is 6.03 Å². The summed E-state index contributed by atoms with van der Waals surface area (Å²) in [6, 6.07) is -0.266. The zero-order valence-electron chi connectivity index (χ0n) is 13.0. The zero-order valence-corrected chi connectivity index (χ0v) is 13.0. The van der Waals surface area contributed by atoms with E-state index in [4.69, 9.17) is 0 Å². The van der Waals surface area contributed by atoms with Crippen LogP contribution in [-0.4, -0.2) is 55.6 Å². The highest BCUT2D eigenvalue weighted by atomic mass is 16.2. The number of urea groups is 1. The molecule has 1 aliphatic rings. The normalized spacial score (nSPS) is 22.9. The Bertz CT molecular complexity index is 335. The monoisotopic (exact) mass is 284 g/mol. The highest BCUT2D eigenvalue weighted by Crippen LogP contribution is 2.21. The van der Waals surface area contributed by atoms with Gasteiger partial charge in [-0.05, 0) is 45.7 Å². The third-order valence-electron chi connectivity index (χ3n) is 4.11. The van der Waals surface area contributed by atoms with E-state index in [1.807, 2.05) is 6.92 Å². The predicted molar refractivity (Wildman–Crippen MR) is 79.5 cm³/mol. The first kappa shape index (κ1) is 16.9. The molecule has 3 amide bonds. The fraction of sp³-hybridized carbons (Fsp3) is 0.857. The molecule has 0 bridgehead atoms. The highest BCUT2D eigenvalue weighted by molar-refractivity contribution is 5.96. The SMILES string of the molecule is CCNC(C)C1CCCN(C(C)C(=O)NC(=O)NC)C1. The quantitative estimate of drug-likeness (QED) is 0.689. The van der Waals surface area contributed by atoms with E-state index < -0.39 is 6.03 Å². The van der Waals surface area contributed by atoms with Crippen LogP contribution in [0.5, 0.6) is 0 Å². The summed E-state index contributed by atoms with van der Waals surface area (Å²) in [4.78, 5) is 25.3. The molecular formula is C14H28N4O2. The van der Waals surface area contributed by atoms with Crippen molar-refractivity contribution in [1.82, 2.24) is 20.9 Å². The van der Waals surface area contributed by atoms with Crippen molar-refractivity contribution in [2.45, 2.75) is 45.7 Å². The second-order valence-corrected chi connectivity index (χ2v) is 5.49. The molecule has 116 valence electrons. The van der Waals surface area contributed by atoms with Crippen molar-refractivity contribution in [2.75, 3.05) is 26.7 Å². The maximum atomic E-state index is 12.0. The number of hydrogen-bond acceptors (Lipinski definition) is 4. The molecule has 3 unspecified atom stereocenters. The molecule has 1 rings (SSSR count). The van der Waals surface area contributed by atoms with E-state index >= 15 is 0 Å². The van der Waals surface area contributed by atoms with Crippen LogP contribution in [0.2, 0.25) is 0 Å². The average Bonchev–Trinajstić information content (AvgIpc) is 2.46. The van der Waals surface area contributed by atoms with E-state index in [0.29, 0.717) is 12.0 Å². The number of amides is 3. The summed E-state index contributed by atoms with van der Waals surface area (Å²) in [5, 5.41) is 8.20. The molecule has 1 saturated heterocycles. The standard InChI is InChI=1S/C14H28N4O2/c1-5-16-10(2)12-7-6-8-18(9-12)11(3)13(19)17-14(20)15-4/h10-12,16H,5-9H2,1-4H3,(H2,15,17,19,20). The minimum Gasteiger partial charge on any atom is -0.341 e. The Morgan fingerprint density at radius 2 is 2.05 bits per heavy atom. The molecule has 3 atom stereocenters. The summed E-state index contributed by atoms with van der Waals surface area (Å²) in [6.07, 6.45) is 2.28. The lowest BCUT2D eigenvalue weighted by molar-refractivity contribution is -0.125. The van der Waals surface area contributed by atoms with Gasteiger partial charge in [0.25, 0.3) is 0 Å². The number of carbonyl (C=O) groups excluding carboxylic acids is 2. The van der Waals surface area contributed by atoms with Gasteiger partial charge in [-0.25, -0.2) is 4.79 Å². The molecule has 1 fully saturated rings. The van der Waals surface area contributed by atoms with Crippen LogP contribution in [0.25, 0.3) is 0 Å². The summed E-state index contributed by atoms with van der Waals surface area (Å²) in [5.41, 5.74) is 0. The van der Waals surface area contributed by atoms with Crippen LogP contribution in [0.15, 0.2) is 0 Å². The molecule has 0 aliphatic carbocycles. The number of nitrogens with one attached hydrogen (secondary N) is 3. The van der Waals surface area contributed by atoms with Crippen molar-refractivity contribution >= 4 is 11.9 Å². The van der Waals surface area contributed by atoms with Gasteiger partial charge in [-0.15, -0.1) is 0 Å². The molecule has 0 radical (unpaired) electrons. The van der Waals surface area contributed by atoms with Gasteiger partial charge in [-0.3, -0.25) is 15.0 Å². The average molecular weight is 284 g/mol. The van der Waals surface area contributed by atoms with E-state index in [9.17, 15) is 9.59 Å². The number of nitrogens with zero attached hydrogens (tertiary/aromatic N) is 1. The Labute approximate surface area is 121 Å². The van der Waals surface area contributed by atoms with Gasteiger partial charge < -0.3 is 10.6 Å². The van der Waals surface area contributed by atoms with Crippen LogP contribution in [0.4, 0.5) is 4.79 Å². The molecule has 0 aromatic carbocycles. The predicted octanol–water partition coefficient (Wildman–Crippen LogP) is 0.541. The van der Waals surface area contributed by atoms with Gasteiger partial charge in [0.15, 0.2) is 0 Å². The van der Waals surface area contributed by atoms with Crippen LogP contribution in [-0.2, 0) is 4.79 Å². The van der Waals surface area contributed by atoms with Gasteiger partial charge in [0.1, 0.15) is 0 Å². The third-order valence-corrected chi connectivity index (χ3v) is 4.11. The number of piperidine rings is 1. The molecule has 3 N–H and O–H groups in total. The molecule has 0 spiro atoms. The second kappa shape index (κ2) is 8.21. The fourth-order valence-electron chi connectivity index (χ4n) is 2.73. The zero-order chi connectivity index (χ0) is 15.1. The first-order valence-electron chi connectivity index (χ1n) is 7.49. The Morgan fingerprint density at radius 3 is 2.65 bits per heavy atom. The maximum Gasteiger partial charge on any atom is 0.321 e.